The van der Waals surface area contributed by atoms with E-state index in [1.165, 1.54) is 5.56 Å². The molecule has 1 aromatic carbocycles. The molecule has 138 valence electrons. The second-order valence-electron chi connectivity index (χ2n) is 6.51. The summed E-state index contributed by atoms with van der Waals surface area (Å²) in [6.07, 6.45) is 1.85. The lowest BCUT2D eigenvalue weighted by molar-refractivity contribution is 0.415. The third-order valence-electron chi connectivity index (χ3n) is 4.38. The summed E-state index contributed by atoms with van der Waals surface area (Å²) in [7, 11) is 1.67. The molecule has 6 nitrogen and oxygen atoms in total. The summed E-state index contributed by atoms with van der Waals surface area (Å²) < 4.78 is 7.18. The average molecular weight is 379 g/mol. The maximum absolute atomic E-state index is 5.30. The Morgan fingerprint density at radius 2 is 2.04 bits per heavy atom. The molecule has 0 saturated carbocycles. The number of hydrogen-bond acceptors (Lipinski definition) is 5. The third kappa shape index (κ3) is 3.55. The molecule has 4 rings (SSSR count). The van der Waals surface area contributed by atoms with Crippen molar-refractivity contribution >= 4 is 17.4 Å². The number of nitrogens with one attached hydrogen (secondary N) is 1. The molecule has 1 atom stereocenters. The van der Waals surface area contributed by atoms with Gasteiger partial charge in [0.2, 0.25) is 5.16 Å². The SMILES string of the molecule is COc1cccc(-c2cnc(C(C)Sc3nc4cc(C)cc(C)n4n3)[nH]2)c1. The van der Waals surface area contributed by atoms with Crippen molar-refractivity contribution in [1.29, 1.82) is 0 Å². The maximum Gasteiger partial charge on any atom is 0.210 e. The lowest BCUT2D eigenvalue weighted by Gasteiger charge is -2.05. The Labute approximate surface area is 162 Å². The molecule has 0 fully saturated rings. The van der Waals surface area contributed by atoms with Gasteiger partial charge in [0.15, 0.2) is 5.65 Å². The fourth-order valence-electron chi connectivity index (χ4n) is 3.04. The largest absolute Gasteiger partial charge is 0.497 e. The van der Waals surface area contributed by atoms with E-state index in [-0.39, 0.29) is 5.25 Å². The van der Waals surface area contributed by atoms with E-state index in [4.69, 9.17) is 4.74 Å². The molecule has 1 unspecified atom stereocenters. The van der Waals surface area contributed by atoms with Gasteiger partial charge in [-0.25, -0.2) is 14.5 Å². The van der Waals surface area contributed by atoms with Crippen LogP contribution in [-0.4, -0.2) is 31.7 Å². The van der Waals surface area contributed by atoms with Crippen molar-refractivity contribution in [2.45, 2.75) is 31.2 Å². The number of pyridine rings is 1. The van der Waals surface area contributed by atoms with Crippen LogP contribution in [0.5, 0.6) is 5.75 Å². The molecule has 27 heavy (non-hydrogen) atoms. The number of ether oxygens (including phenoxy) is 1. The number of aromatic amines is 1. The van der Waals surface area contributed by atoms with E-state index in [0.717, 1.165) is 39.3 Å². The first kappa shape index (κ1) is 17.6. The van der Waals surface area contributed by atoms with Crippen LogP contribution in [0.25, 0.3) is 16.9 Å². The van der Waals surface area contributed by atoms with Gasteiger partial charge in [-0.3, -0.25) is 0 Å². The normalized spacial score (nSPS) is 12.4. The molecule has 3 heterocycles. The summed E-state index contributed by atoms with van der Waals surface area (Å²) in [6.45, 7) is 6.21. The van der Waals surface area contributed by atoms with E-state index in [0.29, 0.717) is 0 Å². The third-order valence-corrected chi connectivity index (χ3v) is 5.34. The molecular formula is C20H21N5OS. The Hall–Kier alpha value is -2.80. The quantitative estimate of drug-likeness (QED) is 0.513. The second-order valence-corrected chi connectivity index (χ2v) is 7.82. The summed E-state index contributed by atoms with van der Waals surface area (Å²) in [5, 5.41) is 5.46. The molecule has 0 saturated heterocycles. The van der Waals surface area contributed by atoms with Crippen molar-refractivity contribution in [3.63, 3.8) is 0 Å². The number of thioether (sulfide) groups is 1. The number of benzene rings is 1. The molecule has 0 aliphatic heterocycles. The number of aryl methyl sites for hydroxylation is 2. The Morgan fingerprint density at radius 3 is 2.85 bits per heavy atom. The summed E-state index contributed by atoms with van der Waals surface area (Å²) in [4.78, 5) is 12.6. The highest BCUT2D eigenvalue weighted by Crippen LogP contribution is 2.33. The van der Waals surface area contributed by atoms with Gasteiger partial charge >= 0.3 is 0 Å². The zero-order valence-corrected chi connectivity index (χ0v) is 16.5. The molecular weight excluding hydrogens is 358 g/mol. The average Bonchev–Trinajstić information content (AvgIpc) is 3.29. The molecule has 4 aromatic rings. The Bertz CT molecular complexity index is 1100. The highest BCUT2D eigenvalue weighted by Gasteiger charge is 2.16. The molecule has 0 aliphatic carbocycles. The van der Waals surface area contributed by atoms with Crippen LogP contribution in [0.2, 0.25) is 0 Å². The minimum Gasteiger partial charge on any atom is -0.497 e. The van der Waals surface area contributed by atoms with Crippen LogP contribution in [-0.2, 0) is 0 Å². The van der Waals surface area contributed by atoms with Crippen LogP contribution >= 0.6 is 11.8 Å². The van der Waals surface area contributed by atoms with Crippen LogP contribution in [0.4, 0.5) is 0 Å². The summed E-state index contributed by atoms with van der Waals surface area (Å²) in [5.74, 6) is 1.72. The molecule has 0 aliphatic rings. The van der Waals surface area contributed by atoms with Crippen LogP contribution in [0, 0.1) is 13.8 Å². The monoisotopic (exact) mass is 379 g/mol. The molecule has 0 spiro atoms. The number of fused-ring (bicyclic) bond motifs is 1. The predicted molar refractivity (Wildman–Crippen MR) is 107 cm³/mol. The van der Waals surface area contributed by atoms with Crippen molar-refractivity contribution in [3.8, 4) is 17.0 Å². The summed E-state index contributed by atoms with van der Waals surface area (Å²) in [6, 6.07) is 12.1. The van der Waals surface area contributed by atoms with Gasteiger partial charge < -0.3 is 9.72 Å². The van der Waals surface area contributed by atoms with Gasteiger partial charge in [0.1, 0.15) is 11.6 Å². The first-order valence-electron chi connectivity index (χ1n) is 8.73. The minimum absolute atomic E-state index is 0.100. The minimum atomic E-state index is 0.100. The van der Waals surface area contributed by atoms with Crippen LogP contribution < -0.4 is 4.74 Å². The van der Waals surface area contributed by atoms with Crippen molar-refractivity contribution in [1.82, 2.24) is 24.6 Å². The zero-order valence-electron chi connectivity index (χ0n) is 15.7. The second kappa shape index (κ2) is 7.08. The van der Waals surface area contributed by atoms with Crippen molar-refractivity contribution in [2.24, 2.45) is 0 Å². The fraction of sp³-hybridized carbons (Fsp3) is 0.250. The van der Waals surface area contributed by atoms with Gasteiger partial charge in [-0.15, -0.1) is 5.10 Å². The van der Waals surface area contributed by atoms with Crippen LogP contribution in [0.1, 0.15) is 29.3 Å². The van der Waals surface area contributed by atoms with Gasteiger partial charge in [0, 0.05) is 11.3 Å². The molecule has 7 heteroatoms. The Balaban J connectivity index is 1.56. The highest BCUT2D eigenvalue weighted by atomic mass is 32.2. The number of imidazole rings is 1. The Morgan fingerprint density at radius 1 is 1.19 bits per heavy atom. The summed E-state index contributed by atoms with van der Waals surface area (Å²) >= 11 is 1.59. The van der Waals surface area contributed by atoms with Gasteiger partial charge in [0.05, 0.1) is 24.3 Å². The van der Waals surface area contributed by atoms with Crippen LogP contribution in [0.15, 0.2) is 47.8 Å². The number of hydrogen-bond donors (Lipinski definition) is 1. The van der Waals surface area contributed by atoms with Crippen molar-refractivity contribution in [3.05, 3.63) is 59.7 Å². The van der Waals surface area contributed by atoms with E-state index in [9.17, 15) is 0 Å². The van der Waals surface area contributed by atoms with Gasteiger partial charge in [-0.2, -0.15) is 0 Å². The van der Waals surface area contributed by atoms with E-state index < -0.39 is 0 Å². The van der Waals surface area contributed by atoms with E-state index in [1.54, 1.807) is 18.9 Å². The number of rotatable bonds is 5. The topological polar surface area (TPSA) is 68.1 Å². The molecule has 0 amide bonds. The van der Waals surface area contributed by atoms with Gasteiger partial charge in [-0.05, 0) is 50.6 Å². The molecule has 0 bridgehead atoms. The fourth-order valence-corrected chi connectivity index (χ4v) is 3.86. The van der Waals surface area contributed by atoms with Gasteiger partial charge in [0.25, 0.3) is 0 Å². The smallest absolute Gasteiger partial charge is 0.210 e. The first-order valence-corrected chi connectivity index (χ1v) is 9.61. The van der Waals surface area contributed by atoms with Crippen molar-refractivity contribution < 1.29 is 4.74 Å². The number of H-pyrrole nitrogens is 1. The summed E-state index contributed by atoms with van der Waals surface area (Å²) in [5.41, 5.74) is 5.15. The standard InChI is InChI=1S/C20H21N5OS/c1-12-8-13(2)25-18(9-12)23-20(24-25)27-14(3)19-21-11-17(22-19)15-6-5-7-16(10-15)26-4/h5-11,14H,1-4H3,(H,21,22). The predicted octanol–water partition coefficient (Wildman–Crippen LogP) is 4.60. The number of aromatic nitrogens is 5. The van der Waals surface area contributed by atoms with E-state index in [2.05, 4.69) is 40.0 Å². The first-order chi connectivity index (χ1) is 13.0. The van der Waals surface area contributed by atoms with Gasteiger partial charge in [-0.1, -0.05) is 23.9 Å². The highest BCUT2D eigenvalue weighted by molar-refractivity contribution is 7.99. The van der Waals surface area contributed by atoms with E-state index >= 15 is 0 Å². The zero-order chi connectivity index (χ0) is 19.0. The molecule has 0 radical (unpaired) electrons. The Kier molecular flexibility index (Phi) is 4.61. The van der Waals surface area contributed by atoms with Crippen LogP contribution in [0.3, 0.4) is 0 Å². The maximum atomic E-state index is 5.30. The molecule has 1 N–H and O–H groups in total. The number of nitrogens with zero attached hydrogens (tertiary/aromatic N) is 4. The lowest BCUT2D eigenvalue weighted by Crippen LogP contribution is -1.95. The number of methoxy groups -OCH3 is 1. The molecule has 3 aromatic heterocycles. The lowest BCUT2D eigenvalue weighted by atomic mass is 10.1. The van der Waals surface area contributed by atoms with Crippen molar-refractivity contribution in [2.75, 3.05) is 7.11 Å². The van der Waals surface area contributed by atoms with E-state index in [1.807, 2.05) is 48.0 Å².